The fourth-order valence-electron chi connectivity index (χ4n) is 1.24. The van der Waals surface area contributed by atoms with Crippen molar-refractivity contribution in [3.05, 3.63) is 34.6 Å². The standard InChI is InChI=1S/C12H14ClFN2/c1-12(2,7-15)8-16-6-9-10(13)4-3-5-11(9)14/h3-5,16H,6,8H2,1-2H3. The number of nitrogens with zero attached hydrogens (tertiary/aromatic N) is 1. The van der Waals surface area contributed by atoms with E-state index in [-0.39, 0.29) is 5.82 Å². The van der Waals surface area contributed by atoms with Gasteiger partial charge in [-0.3, -0.25) is 0 Å². The van der Waals surface area contributed by atoms with Crippen molar-refractivity contribution >= 4 is 11.6 Å². The number of benzene rings is 1. The Kier molecular flexibility index (Phi) is 4.28. The van der Waals surface area contributed by atoms with Gasteiger partial charge in [-0.25, -0.2) is 4.39 Å². The normalized spacial score (nSPS) is 11.2. The Hall–Kier alpha value is -1.11. The van der Waals surface area contributed by atoms with Crippen molar-refractivity contribution in [3.8, 4) is 6.07 Å². The average Bonchev–Trinajstić information content (AvgIpc) is 2.22. The van der Waals surface area contributed by atoms with Gasteiger partial charge < -0.3 is 5.32 Å². The average molecular weight is 241 g/mol. The zero-order valence-electron chi connectivity index (χ0n) is 9.35. The highest BCUT2D eigenvalue weighted by atomic mass is 35.5. The molecule has 0 unspecified atom stereocenters. The summed E-state index contributed by atoms with van der Waals surface area (Å²) in [4.78, 5) is 0. The molecule has 0 aliphatic rings. The lowest BCUT2D eigenvalue weighted by atomic mass is 9.96. The molecule has 0 spiro atoms. The summed E-state index contributed by atoms with van der Waals surface area (Å²) < 4.78 is 13.4. The number of halogens is 2. The van der Waals surface area contributed by atoms with Gasteiger partial charge in [0.25, 0.3) is 0 Å². The van der Waals surface area contributed by atoms with Crippen LogP contribution >= 0.6 is 11.6 Å². The third-order valence-corrected chi connectivity index (χ3v) is 2.59. The SMILES string of the molecule is CC(C)(C#N)CNCc1c(F)cccc1Cl. The van der Waals surface area contributed by atoms with Gasteiger partial charge in [0.1, 0.15) is 5.82 Å². The topological polar surface area (TPSA) is 35.8 Å². The van der Waals surface area contributed by atoms with Crippen LogP contribution in [-0.4, -0.2) is 6.54 Å². The monoisotopic (exact) mass is 240 g/mol. The van der Waals surface area contributed by atoms with Crippen LogP contribution in [0.25, 0.3) is 0 Å². The zero-order chi connectivity index (χ0) is 12.2. The van der Waals surface area contributed by atoms with Crippen LogP contribution in [0, 0.1) is 22.6 Å². The minimum absolute atomic E-state index is 0.324. The summed E-state index contributed by atoms with van der Waals surface area (Å²) >= 11 is 5.87. The third-order valence-electron chi connectivity index (χ3n) is 2.23. The molecule has 0 fully saturated rings. The molecule has 1 aromatic rings. The molecule has 0 saturated carbocycles. The summed E-state index contributed by atoms with van der Waals surface area (Å²) in [7, 11) is 0. The number of hydrogen-bond acceptors (Lipinski definition) is 2. The summed E-state index contributed by atoms with van der Waals surface area (Å²) in [6.07, 6.45) is 0. The largest absolute Gasteiger partial charge is 0.311 e. The maximum Gasteiger partial charge on any atom is 0.129 e. The summed E-state index contributed by atoms with van der Waals surface area (Å²) in [5.41, 5.74) is -0.0181. The Morgan fingerprint density at radius 2 is 2.19 bits per heavy atom. The molecule has 0 saturated heterocycles. The third kappa shape index (κ3) is 3.48. The highest BCUT2D eigenvalue weighted by Gasteiger charge is 2.16. The quantitative estimate of drug-likeness (QED) is 0.878. The van der Waals surface area contributed by atoms with Gasteiger partial charge in [0.05, 0.1) is 11.5 Å². The van der Waals surface area contributed by atoms with Crippen molar-refractivity contribution in [2.75, 3.05) is 6.54 Å². The number of rotatable bonds is 4. The molecule has 16 heavy (non-hydrogen) atoms. The van der Waals surface area contributed by atoms with Gasteiger partial charge in [-0.1, -0.05) is 17.7 Å². The van der Waals surface area contributed by atoms with Gasteiger partial charge in [-0.15, -0.1) is 0 Å². The molecular weight excluding hydrogens is 227 g/mol. The lowest BCUT2D eigenvalue weighted by Crippen LogP contribution is -2.28. The lowest BCUT2D eigenvalue weighted by molar-refractivity contribution is 0.441. The van der Waals surface area contributed by atoms with Crippen LogP contribution in [0.3, 0.4) is 0 Å². The zero-order valence-corrected chi connectivity index (χ0v) is 10.1. The molecular formula is C12H14ClFN2. The molecule has 4 heteroatoms. The highest BCUT2D eigenvalue weighted by Crippen LogP contribution is 2.19. The van der Waals surface area contributed by atoms with E-state index >= 15 is 0 Å². The van der Waals surface area contributed by atoms with E-state index in [9.17, 15) is 4.39 Å². The van der Waals surface area contributed by atoms with Crippen molar-refractivity contribution in [2.24, 2.45) is 5.41 Å². The number of nitrogens with one attached hydrogen (secondary N) is 1. The minimum atomic E-state index is -0.461. The molecule has 0 bridgehead atoms. The second-order valence-electron chi connectivity index (χ2n) is 4.30. The number of hydrogen-bond donors (Lipinski definition) is 1. The first kappa shape index (κ1) is 13.0. The van der Waals surface area contributed by atoms with Crippen molar-refractivity contribution in [3.63, 3.8) is 0 Å². The van der Waals surface area contributed by atoms with Gasteiger partial charge in [0.2, 0.25) is 0 Å². The second kappa shape index (κ2) is 5.29. The highest BCUT2D eigenvalue weighted by molar-refractivity contribution is 6.31. The fraction of sp³-hybridized carbons (Fsp3) is 0.417. The van der Waals surface area contributed by atoms with Gasteiger partial charge in [0, 0.05) is 23.7 Å². The van der Waals surface area contributed by atoms with E-state index in [1.165, 1.54) is 6.07 Å². The summed E-state index contributed by atoms with van der Waals surface area (Å²) in [5, 5.41) is 12.2. The molecule has 0 amide bonds. The van der Waals surface area contributed by atoms with Gasteiger partial charge in [0.15, 0.2) is 0 Å². The van der Waals surface area contributed by atoms with Gasteiger partial charge >= 0.3 is 0 Å². The van der Waals surface area contributed by atoms with Crippen molar-refractivity contribution in [1.82, 2.24) is 5.32 Å². The summed E-state index contributed by atoms with van der Waals surface area (Å²) in [6, 6.07) is 6.76. The maximum absolute atomic E-state index is 13.4. The minimum Gasteiger partial charge on any atom is -0.311 e. The predicted octanol–water partition coefficient (Wildman–Crippen LogP) is 3.12. The first-order valence-corrected chi connectivity index (χ1v) is 5.39. The molecule has 0 aliphatic heterocycles. The molecule has 2 nitrogen and oxygen atoms in total. The van der Waals surface area contributed by atoms with E-state index < -0.39 is 5.41 Å². The molecule has 1 rings (SSSR count). The first-order chi connectivity index (χ1) is 7.46. The fourth-order valence-corrected chi connectivity index (χ4v) is 1.47. The van der Waals surface area contributed by atoms with E-state index in [2.05, 4.69) is 11.4 Å². The molecule has 0 heterocycles. The second-order valence-corrected chi connectivity index (χ2v) is 4.71. The van der Waals surface area contributed by atoms with E-state index in [4.69, 9.17) is 16.9 Å². The molecule has 1 N–H and O–H groups in total. The van der Waals surface area contributed by atoms with Crippen molar-refractivity contribution in [1.29, 1.82) is 5.26 Å². The summed E-state index contributed by atoms with van der Waals surface area (Å²) in [6.45, 7) is 4.47. The van der Waals surface area contributed by atoms with Crippen molar-refractivity contribution < 1.29 is 4.39 Å². The van der Waals surface area contributed by atoms with Crippen LogP contribution in [-0.2, 0) is 6.54 Å². The lowest BCUT2D eigenvalue weighted by Gasteiger charge is -2.16. The summed E-state index contributed by atoms with van der Waals surface area (Å²) in [5.74, 6) is -0.324. The van der Waals surface area contributed by atoms with Crippen LogP contribution in [0.4, 0.5) is 4.39 Å². The molecule has 0 aromatic heterocycles. The Bertz CT molecular complexity index is 390. The Labute approximate surface area is 100 Å². The Balaban J connectivity index is 2.60. The van der Waals surface area contributed by atoms with Crippen LogP contribution in [0.2, 0.25) is 5.02 Å². The van der Waals surface area contributed by atoms with Crippen LogP contribution < -0.4 is 5.32 Å². The van der Waals surface area contributed by atoms with E-state index in [1.807, 2.05) is 13.8 Å². The molecule has 1 aromatic carbocycles. The van der Waals surface area contributed by atoms with Gasteiger partial charge in [-0.05, 0) is 26.0 Å². The smallest absolute Gasteiger partial charge is 0.129 e. The van der Waals surface area contributed by atoms with Gasteiger partial charge in [-0.2, -0.15) is 5.26 Å². The van der Waals surface area contributed by atoms with E-state index in [1.54, 1.807) is 12.1 Å². The molecule has 86 valence electrons. The van der Waals surface area contributed by atoms with E-state index in [0.717, 1.165) is 0 Å². The van der Waals surface area contributed by atoms with E-state index in [0.29, 0.717) is 23.7 Å². The molecule has 0 atom stereocenters. The van der Waals surface area contributed by atoms with Crippen LogP contribution in [0.1, 0.15) is 19.4 Å². The Morgan fingerprint density at radius 1 is 1.50 bits per heavy atom. The van der Waals surface area contributed by atoms with Crippen LogP contribution in [0.15, 0.2) is 18.2 Å². The van der Waals surface area contributed by atoms with Crippen LogP contribution in [0.5, 0.6) is 0 Å². The van der Waals surface area contributed by atoms with Crippen molar-refractivity contribution in [2.45, 2.75) is 20.4 Å². The number of nitriles is 1. The first-order valence-electron chi connectivity index (χ1n) is 5.01. The maximum atomic E-state index is 13.4. The predicted molar refractivity (Wildman–Crippen MR) is 62.5 cm³/mol. The Morgan fingerprint density at radius 3 is 2.75 bits per heavy atom. The molecule has 0 aliphatic carbocycles. The molecule has 0 radical (unpaired) electrons.